The topological polar surface area (TPSA) is 33.2 Å². The van der Waals surface area contributed by atoms with Crippen LogP contribution < -0.4 is 0 Å². The molecule has 104 valence electrons. The van der Waals surface area contributed by atoms with E-state index in [4.69, 9.17) is 0 Å². The average molecular weight is 272 g/mol. The maximum atomic E-state index is 13.8. The molecule has 0 aliphatic rings. The minimum absolute atomic E-state index is 0.105. The van der Waals surface area contributed by atoms with Gasteiger partial charge in [-0.2, -0.15) is 0 Å². The predicted molar refractivity (Wildman–Crippen MR) is 75.9 cm³/mol. The first-order valence-electron chi connectivity index (χ1n) is 6.44. The zero-order valence-corrected chi connectivity index (χ0v) is 11.8. The van der Waals surface area contributed by atoms with Crippen LogP contribution in [0, 0.1) is 12.7 Å². The van der Waals surface area contributed by atoms with Gasteiger partial charge in [0.1, 0.15) is 5.82 Å². The molecular weight excluding hydrogens is 255 g/mol. The van der Waals surface area contributed by atoms with E-state index in [2.05, 4.69) is 4.98 Å². The molecule has 0 spiro atoms. The quantitative estimate of drug-likeness (QED) is 0.858. The number of carbonyl (C=O) groups is 1. The number of aryl methyl sites for hydroxylation is 1. The highest BCUT2D eigenvalue weighted by molar-refractivity contribution is 5.94. The lowest BCUT2D eigenvalue weighted by Crippen LogP contribution is -2.30. The molecule has 0 aliphatic heterocycles. The molecule has 0 fully saturated rings. The van der Waals surface area contributed by atoms with Gasteiger partial charge in [-0.3, -0.25) is 9.78 Å². The van der Waals surface area contributed by atoms with E-state index in [1.807, 2.05) is 26.0 Å². The minimum Gasteiger partial charge on any atom is -0.335 e. The number of rotatable bonds is 3. The predicted octanol–water partition coefficient (Wildman–Crippen LogP) is 3.36. The van der Waals surface area contributed by atoms with Crippen LogP contribution in [0.15, 0.2) is 42.7 Å². The fourth-order valence-corrected chi connectivity index (χ4v) is 2.03. The van der Waals surface area contributed by atoms with Gasteiger partial charge in [0.25, 0.3) is 5.91 Å². The second kappa shape index (κ2) is 5.82. The molecular formula is C16H17FN2O. The molecule has 1 amide bonds. The summed E-state index contributed by atoms with van der Waals surface area (Å²) >= 11 is 0. The average Bonchev–Trinajstić information content (AvgIpc) is 2.48. The van der Waals surface area contributed by atoms with Crippen molar-refractivity contribution in [2.75, 3.05) is 7.05 Å². The van der Waals surface area contributed by atoms with E-state index in [0.717, 1.165) is 11.1 Å². The molecule has 1 atom stereocenters. The smallest absolute Gasteiger partial charge is 0.257 e. The molecule has 0 N–H and O–H groups in total. The highest BCUT2D eigenvalue weighted by atomic mass is 19.1. The third kappa shape index (κ3) is 2.85. The maximum absolute atomic E-state index is 13.8. The van der Waals surface area contributed by atoms with Gasteiger partial charge in [-0.05, 0) is 43.7 Å². The van der Waals surface area contributed by atoms with E-state index in [-0.39, 0.29) is 17.5 Å². The van der Waals surface area contributed by atoms with Gasteiger partial charge in [-0.15, -0.1) is 0 Å². The van der Waals surface area contributed by atoms with Crippen molar-refractivity contribution in [1.29, 1.82) is 0 Å². The Balaban J connectivity index is 2.27. The van der Waals surface area contributed by atoms with E-state index < -0.39 is 5.82 Å². The van der Waals surface area contributed by atoms with Crippen LogP contribution in [0.3, 0.4) is 0 Å². The molecule has 0 saturated heterocycles. The first-order valence-corrected chi connectivity index (χ1v) is 6.44. The van der Waals surface area contributed by atoms with Crippen LogP contribution in [0.5, 0.6) is 0 Å². The second-order valence-electron chi connectivity index (χ2n) is 4.86. The molecule has 0 saturated carbocycles. The van der Waals surface area contributed by atoms with Crippen molar-refractivity contribution in [3.63, 3.8) is 0 Å². The van der Waals surface area contributed by atoms with Crippen molar-refractivity contribution in [3.8, 4) is 0 Å². The molecule has 2 rings (SSSR count). The minimum atomic E-state index is -0.491. The highest BCUT2D eigenvalue weighted by Gasteiger charge is 2.21. The van der Waals surface area contributed by atoms with Crippen LogP contribution in [0.2, 0.25) is 0 Å². The van der Waals surface area contributed by atoms with Crippen LogP contribution in [-0.2, 0) is 0 Å². The summed E-state index contributed by atoms with van der Waals surface area (Å²) in [5.74, 6) is -0.815. The molecule has 4 heteroatoms. The molecule has 1 unspecified atom stereocenters. The summed E-state index contributed by atoms with van der Waals surface area (Å²) in [6.07, 6.45) is 3.36. The fraction of sp³-hybridized carbons (Fsp3) is 0.250. The Morgan fingerprint density at radius 2 is 1.90 bits per heavy atom. The standard InChI is InChI=1S/C16H17FN2O/c1-11-4-5-15(17)14(10-11)16(20)19(3)12(2)13-6-8-18-9-7-13/h4-10,12H,1-3H3. The highest BCUT2D eigenvalue weighted by Crippen LogP contribution is 2.21. The van der Waals surface area contributed by atoms with E-state index in [1.54, 1.807) is 31.6 Å². The van der Waals surface area contributed by atoms with E-state index in [1.165, 1.54) is 11.0 Å². The van der Waals surface area contributed by atoms with Crippen molar-refractivity contribution < 1.29 is 9.18 Å². The molecule has 2 aromatic rings. The van der Waals surface area contributed by atoms with Gasteiger partial charge in [-0.25, -0.2) is 4.39 Å². The summed E-state index contributed by atoms with van der Waals surface area (Å²) in [6, 6.07) is 8.10. The Labute approximate surface area is 118 Å². The summed E-state index contributed by atoms with van der Waals surface area (Å²) in [4.78, 5) is 17.9. The molecule has 0 aliphatic carbocycles. The van der Waals surface area contributed by atoms with Gasteiger partial charge in [0.05, 0.1) is 11.6 Å². The number of amides is 1. The molecule has 0 bridgehead atoms. The molecule has 0 radical (unpaired) electrons. The fourth-order valence-electron chi connectivity index (χ4n) is 2.03. The summed E-state index contributed by atoms with van der Waals surface area (Å²) in [6.45, 7) is 3.74. The van der Waals surface area contributed by atoms with Crippen molar-refractivity contribution >= 4 is 5.91 Å². The molecule has 1 heterocycles. The summed E-state index contributed by atoms with van der Waals surface area (Å²) in [5.41, 5.74) is 1.93. The molecule has 20 heavy (non-hydrogen) atoms. The number of nitrogens with zero attached hydrogens (tertiary/aromatic N) is 2. The number of halogens is 1. The van der Waals surface area contributed by atoms with Crippen molar-refractivity contribution in [2.45, 2.75) is 19.9 Å². The number of carbonyl (C=O) groups excluding carboxylic acids is 1. The van der Waals surface area contributed by atoms with Gasteiger partial charge in [0, 0.05) is 19.4 Å². The Hall–Kier alpha value is -2.23. The molecule has 1 aromatic carbocycles. The van der Waals surface area contributed by atoms with Crippen LogP contribution in [0.25, 0.3) is 0 Å². The van der Waals surface area contributed by atoms with Crippen LogP contribution >= 0.6 is 0 Å². The Kier molecular flexibility index (Phi) is 4.13. The second-order valence-corrected chi connectivity index (χ2v) is 4.86. The van der Waals surface area contributed by atoms with Crippen molar-refractivity contribution in [3.05, 3.63) is 65.2 Å². The number of hydrogen-bond acceptors (Lipinski definition) is 2. The van der Waals surface area contributed by atoms with Crippen molar-refractivity contribution in [1.82, 2.24) is 9.88 Å². The SMILES string of the molecule is Cc1ccc(F)c(C(=O)N(C)C(C)c2ccncc2)c1. The van der Waals surface area contributed by atoms with Crippen LogP contribution in [-0.4, -0.2) is 22.8 Å². The van der Waals surface area contributed by atoms with E-state index >= 15 is 0 Å². The van der Waals surface area contributed by atoms with Gasteiger partial charge in [0.2, 0.25) is 0 Å². The first-order chi connectivity index (χ1) is 9.50. The maximum Gasteiger partial charge on any atom is 0.257 e. The lowest BCUT2D eigenvalue weighted by molar-refractivity contribution is 0.0737. The van der Waals surface area contributed by atoms with Gasteiger partial charge < -0.3 is 4.90 Å². The van der Waals surface area contributed by atoms with Crippen LogP contribution in [0.1, 0.15) is 34.5 Å². The molecule has 3 nitrogen and oxygen atoms in total. The summed E-state index contributed by atoms with van der Waals surface area (Å²) < 4.78 is 13.8. The number of benzene rings is 1. The van der Waals surface area contributed by atoms with Crippen LogP contribution in [0.4, 0.5) is 4.39 Å². The Morgan fingerprint density at radius 1 is 1.25 bits per heavy atom. The lowest BCUT2D eigenvalue weighted by Gasteiger charge is -2.25. The zero-order valence-electron chi connectivity index (χ0n) is 11.8. The van der Waals surface area contributed by atoms with Gasteiger partial charge in [0.15, 0.2) is 0 Å². The third-order valence-electron chi connectivity index (χ3n) is 3.44. The summed E-state index contributed by atoms with van der Waals surface area (Å²) in [5, 5.41) is 0. The van der Waals surface area contributed by atoms with E-state index in [0.29, 0.717) is 0 Å². The van der Waals surface area contributed by atoms with E-state index in [9.17, 15) is 9.18 Å². The molecule has 1 aromatic heterocycles. The number of hydrogen-bond donors (Lipinski definition) is 0. The summed E-state index contributed by atoms with van der Waals surface area (Å²) in [7, 11) is 1.68. The Morgan fingerprint density at radius 3 is 2.55 bits per heavy atom. The van der Waals surface area contributed by atoms with Gasteiger partial charge in [-0.1, -0.05) is 11.6 Å². The lowest BCUT2D eigenvalue weighted by atomic mass is 10.1. The zero-order chi connectivity index (χ0) is 14.7. The van der Waals surface area contributed by atoms with Gasteiger partial charge >= 0.3 is 0 Å². The first kappa shape index (κ1) is 14.2. The normalized spacial score (nSPS) is 12.0. The number of aromatic nitrogens is 1. The van der Waals surface area contributed by atoms with Crippen molar-refractivity contribution in [2.24, 2.45) is 0 Å². The monoisotopic (exact) mass is 272 g/mol. The Bertz CT molecular complexity index is 613. The number of pyridine rings is 1. The largest absolute Gasteiger partial charge is 0.335 e. The third-order valence-corrected chi connectivity index (χ3v) is 3.44.